The van der Waals surface area contributed by atoms with Crippen LogP contribution in [-0.4, -0.2) is 16.5 Å². The standard InChI is InChI=1S/C17H19NOS2/c1-4-20-12-7-5-11(6-8-12)16-18-13-9-17(2,3)10-14(19)15(13)21-16/h5-8H,4,9-10H2,1-3H3. The van der Waals surface area contributed by atoms with Crippen LogP contribution >= 0.6 is 23.1 Å². The van der Waals surface area contributed by atoms with Gasteiger partial charge in [0.25, 0.3) is 0 Å². The third-order valence-corrected chi connectivity index (χ3v) is 5.73. The highest BCUT2D eigenvalue weighted by Crippen LogP contribution is 2.39. The lowest BCUT2D eigenvalue weighted by molar-refractivity contribution is 0.0916. The minimum absolute atomic E-state index is 0.0387. The fraction of sp³-hybridized carbons (Fsp3) is 0.412. The Hall–Kier alpha value is -1.13. The fourth-order valence-corrected chi connectivity index (χ4v) is 4.39. The number of thiazole rings is 1. The zero-order chi connectivity index (χ0) is 15.0. The van der Waals surface area contributed by atoms with Crippen LogP contribution in [0.5, 0.6) is 0 Å². The van der Waals surface area contributed by atoms with Crippen LogP contribution in [0.3, 0.4) is 0 Å². The quantitative estimate of drug-likeness (QED) is 0.740. The summed E-state index contributed by atoms with van der Waals surface area (Å²) in [5, 5.41) is 0.971. The molecule has 0 saturated carbocycles. The molecule has 0 fully saturated rings. The number of carbonyl (C=O) groups excluding carboxylic acids is 1. The fourth-order valence-electron chi connectivity index (χ4n) is 2.70. The second kappa shape index (κ2) is 5.58. The summed E-state index contributed by atoms with van der Waals surface area (Å²) in [6.07, 6.45) is 1.53. The lowest BCUT2D eigenvalue weighted by Gasteiger charge is -2.26. The predicted molar refractivity (Wildman–Crippen MR) is 90.4 cm³/mol. The monoisotopic (exact) mass is 317 g/mol. The van der Waals surface area contributed by atoms with Crippen molar-refractivity contribution in [3.8, 4) is 10.6 Å². The van der Waals surface area contributed by atoms with E-state index in [1.54, 1.807) is 11.3 Å². The molecule has 1 aromatic carbocycles. The molecule has 4 heteroatoms. The Morgan fingerprint density at radius 3 is 2.62 bits per heavy atom. The van der Waals surface area contributed by atoms with E-state index in [9.17, 15) is 4.79 Å². The number of aromatic nitrogens is 1. The summed E-state index contributed by atoms with van der Waals surface area (Å²) in [7, 11) is 0. The van der Waals surface area contributed by atoms with E-state index in [0.29, 0.717) is 6.42 Å². The maximum Gasteiger partial charge on any atom is 0.175 e. The Morgan fingerprint density at radius 1 is 1.24 bits per heavy atom. The second-order valence-electron chi connectivity index (χ2n) is 6.19. The van der Waals surface area contributed by atoms with Crippen molar-refractivity contribution in [1.29, 1.82) is 0 Å². The van der Waals surface area contributed by atoms with E-state index in [4.69, 9.17) is 4.98 Å². The van der Waals surface area contributed by atoms with E-state index in [2.05, 4.69) is 45.0 Å². The molecule has 3 rings (SSSR count). The van der Waals surface area contributed by atoms with E-state index in [0.717, 1.165) is 33.3 Å². The summed E-state index contributed by atoms with van der Waals surface area (Å²) < 4.78 is 0. The number of benzene rings is 1. The number of carbonyl (C=O) groups is 1. The van der Waals surface area contributed by atoms with E-state index in [1.807, 2.05) is 11.8 Å². The first-order chi connectivity index (χ1) is 9.98. The molecule has 21 heavy (non-hydrogen) atoms. The highest BCUT2D eigenvalue weighted by atomic mass is 32.2. The topological polar surface area (TPSA) is 30.0 Å². The summed E-state index contributed by atoms with van der Waals surface area (Å²) >= 11 is 3.38. The van der Waals surface area contributed by atoms with Gasteiger partial charge in [-0.15, -0.1) is 23.1 Å². The van der Waals surface area contributed by atoms with Crippen molar-refractivity contribution in [2.45, 2.75) is 38.5 Å². The van der Waals surface area contributed by atoms with Gasteiger partial charge in [-0.25, -0.2) is 4.98 Å². The molecule has 0 atom stereocenters. The molecule has 0 N–H and O–H groups in total. The first-order valence-electron chi connectivity index (χ1n) is 7.25. The average Bonchev–Trinajstić information content (AvgIpc) is 2.82. The van der Waals surface area contributed by atoms with Crippen LogP contribution in [0.1, 0.15) is 42.6 Å². The van der Waals surface area contributed by atoms with Gasteiger partial charge in [0.05, 0.1) is 10.6 Å². The Bertz CT molecular complexity index is 671. The molecule has 2 nitrogen and oxygen atoms in total. The van der Waals surface area contributed by atoms with Crippen LogP contribution in [-0.2, 0) is 6.42 Å². The van der Waals surface area contributed by atoms with Crippen LogP contribution < -0.4 is 0 Å². The Labute approximate surface area is 134 Å². The Kier molecular flexibility index (Phi) is 3.93. The normalized spacial score (nSPS) is 16.8. The molecular formula is C17H19NOS2. The van der Waals surface area contributed by atoms with Crippen molar-refractivity contribution >= 4 is 28.9 Å². The first kappa shape index (κ1) is 14.8. The van der Waals surface area contributed by atoms with Crippen molar-refractivity contribution in [2.75, 3.05) is 5.75 Å². The number of fused-ring (bicyclic) bond motifs is 1. The molecule has 0 bridgehead atoms. The van der Waals surface area contributed by atoms with Gasteiger partial charge >= 0.3 is 0 Å². The largest absolute Gasteiger partial charge is 0.293 e. The van der Waals surface area contributed by atoms with Crippen molar-refractivity contribution in [3.63, 3.8) is 0 Å². The molecule has 2 aromatic rings. The molecule has 0 amide bonds. The van der Waals surface area contributed by atoms with E-state index in [1.165, 1.54) is 4.90 Å². The summed E-state index contributed by atoms with van der Waals surface area (Å²) in [4.78, 5) is 19.1. The molecule has 0 unspecified atom stereocenters. The number of thioether (sulfide) groups is 1. The number of ketones is 1. The zero-order valence-electron chi connectivity index (χ0n) is 12.6. The number of hydrogen-bond acceptors (Lipinski definition) is 4. The number of hydrogen-bond donors (Lipinski definition) is 0. The maximum absolute atomic E-state index is 12.3. The summed E-state index contributed by atoms with van der Waals surface area (Å²) in [6, 6.07) is 8.49. The van der Waals surface area contributed by atoms with Gasteiger partial charge in [-0.3, -0.25) is 4.79 Å². The van der Waals surface area contributed by atoms with Crippen LogP contribution in [0.4, 0.5) is 0 Å². The molecule has 0 radical (unpaired) electrons. The van der Waals surface area contributed by atoms with Crippen molar-refractivity contribution in [2.24, 2.45) is 5.41 Å². The van der Waals surface area contributed by atoms with Gasteiger partial charge in [0, 0.05) is 16.9 Å². The maximum atomic E-state index is 12.3. The highest BCUT2D eigenvalue weighted by molar-refractivity contribution is 7.99. The van der Waals surface area contributed by atoms with Crippen molar-refractivity contribution < 1.29 is 4.79 Å². The van der Waals surface area contributed by atoms with Gasteiger partial charge in [-0.05, 0) is 29.7 Å². The lowest BCUT2D eigenvalue weighted by Crippen LogP contribution is -2.25. The van der Waals surface area contributed by atoms with Crippen LogP contribution in [0.2, 0.25) is 0 Å². The molecule has 110 valence electrons. The van der Waals surface area contributed by atoms with Gasteiger partial charge in [0.2, 0.25) is 0 Å². The van der Waals surface area contributed by atoms with E-state index >= 15 is 0 Å². The molecule has 0 aliphatic heterocycles. The van der Waals surface area contributed by atoms with E-state index < -0.39 is 0 Å². The smallest absolute Gasteiger partial charge is 0.175 e. The molecule has 0 saturated heterocycles. The highest BCUT2D eigenvalue weighted by Gasteiger charge is 2.33. The zero-order valence-corrected chi connectivity index (χ0v) is 14.2. The summed E-state index contributed by atoms with van der Waals surface area (Å²) in [5.74, 6) is 1.33. The molecule has 0 spiro atoms. The number of Topliss-reactive ketones (excluding diaryl/α,β-unsaturated/α-hetero) is 1. The first-order valence-corrected chi connectivity index (χ1v) is 9.05. The second-order valence-corrected chi connectivity index (χ2v) is 8.53. The Morgan fingerprint density at radius 2 is 1.95 bits per heavy atom. The third kappa shape index (κ3) is 3.06. The minimum Gasteiger partial charge on any atom is -0.293 e. The number of nitrogens with zero attached hydrogens (tertiary/aromatic N) is 1. The molecular weight excluding hydrogens is 298 g/mol. The van der Waals surface area contributed by atoms with E-state index in [-0.39, 0.29) is 11.2 Å². The molecule has 1 heterocycles. The van der Waals surface area contributed by atoms with Crippen molar-refractivity contribution in [3.05, 3.63) is 34.8 Å². The van der Waals surface area contributed by atoms with Crippen LogP contribution in [0.15, 0.2) is 29.2 Å². The summed E-state index contributed by atoms with van der Waals surface area (Å²) in [6.45, 7) is 6.44. The third-order valence-electron chi connectivity index (χ3n) is 3.65. The van der Waals surface area contributed by atoms with Gasteiger partial charge < -0.3 is 0 Å². The van der Waals surface area contributed by atoms with Gasteiger partial charge in [-0.1, -0.05) is 32.9 Å². The molecule has 1 aromatic heterocycles. The average molecular weight is 317 g/mol. The molecule has 1 aliphatic carbocycles. The summed E-state index contributed by atoms with van der Waals surface area (Å²) in [5.41, 5.74) is 2.14. The SMILES string of the molecule is CCSc1ccc(-c2nc3c(s2)C(=O)CC(C)(C)C3)cc1. The predicted octanol–water partition coefficient (Wildman–Crippen LogP) is 5.08. The van der Waals surface area contributed by atoms with Gasteiger partial charge in [-0.2, -0.15) is 0 Å². The Balaban J connectivity index is 1.93. The van der Waals surface area contributed by atoms with Gasteiger partial charge in [0.1, 0.15) is 5.01 Å². The van der Waals surface area contributed by atoms with Gasteiger partial charge in [0.15, 0.2) is 5.78 Å². The number of rotatable bonds is 3. The van der Waals surface area contributed by atoms with Crippen LogP contribution in [0, 0.1) is 5.41 Å². The van der Waals surface area contributed by atoms with Crippen LogP contribution in [0.25, 0.3) is 10.6 Å². The minimum atomic E-state index is 0.0387. The van der Waals surface area contributed by atoms with Crippen molar-refractivity contribution in [1.82, 2.24) is 4.98 Å². The lowest BCUT2D eigenvalue weighted by atomic mass is 9.78. The molecule has 1 aliphatic rings.